The van der Waals surface area contributed by atoms with Gasteiger partial charge in [0.2, 0.25) is 5.91 Å². The first-order chi connectivity index (χ1) is 15.1. The molecule has 1 amide bonds. The highest BCUT2D eigenvalue weighted by atomic mass is 32.2. The molecular weight excluding hydrogens is 465 g/mol. The first-order valence-electron chi connectivity index (χ1n) is 9.42. The SMILES string of the molecule is O=C(Nc1ccc(OC(F)(F)F)cc1)C1Cc2ccccc2CN1S(=O)(=O)c1cccs1. The molecule has 6 nitrogen and oxygen atoms in total. The molecule has 0 bridgehead atoms. The molecule has 168 valence electrons. The first-order valence-corrected chi connectivity index (χ1v) is 11.7. The third-order valence-electron chi connectivity index (χ3n) is 4.92. The second-order valence-electron chi connectivity index (χ2n) is 7.03. The maximum atomic E-state index is 13.2. The van der Waals surface area contributed by atoms with Gasteiger partial charge in [0, 0.05) is 12.2 Å². The number of benzene rings is 2. The number of thiophene rings is 1. The number of amides is 1. The molecule has 0 saturated carbocycles. The number of alkyl halides is 3. The summed E-state index contributed by atoms with van der Waals surface area (Å²) in [5, 5.41) is 4.24. The summed E-state index contributed by atoms with van der Waals surface area (Å²) >= 11 is 1.06. The van der Waals surface area contributed by atoms with Crippen LogP contribution in [-0.2, 0) is 27.8 Å². The Hall–Kier alpha value is -2.89. The van der Waals surface area contributed by atoms with Crippen LogP contribution < -0.4 is 10.1 Å². The molecule has 11 heteroatoms. The lowest BCUT2D eigenvalue weighted by molar-refractivity contribution is -0.274. The van der Waals surface area contributed by atoms with Crippen LogP contribution in [0.2, 0.25) is 0 Å². The van der Waals surface area contributed by atoms with Crippen molar-refractivity contribution in [2.75, 3.05) is 5.32 Å². The number of nitrogens with zero attached hydrogens (tertiary/aromatic N) is 1. The average molecular weight is 483 g/mol. The van der Waals surface area contributed by atoms with E-state index >= 15 is 0 Å². The van der Waals surface area contributed by atoms with Gasteiger partial charge in [-0.3, -0.25) is 4.79 Å². The molecule has 0 spiro atoms. The zero-order chi connectivity index (χ0) is 22.9. The van der Waals surface area contributed by atoms with Gasteiger partial charge in [0.25, 0.3) is 10.0 Å². The molecule has 1 aliphatic heterocycles. The Kier molecular flexibility index (Phi) is 5.97. The van der Waals surface area contributed by atoms with Crippen molar-refractivity contribution >= 4 is 33.0 Å². The number of sulfonamides is 1. The largest absolute Gasteiger partial charge is 0.573 e. The van der Waals surface area contributed by atoms with Gasteiger partial charge in [-0.1, -0.05) is 30.3 Å². The van der Waals surface area contributed by atoms with Gasteiger partial charge in [-0.05, 0) is 53.3 Å². The van der Waals surface area contributed by atoms with Crippen molar-refractivity contribution in [2.24, 2.45) is 0 Å². The summed E-state index contributed by atoms with van der Waals surface area (Å²) in [6, 6.07) is 14.0. The number of hydrogen-bond acceptors (Lipinski definition) is 5. The summed E-state index contributed by atoms with van der Waals surface area (Å²) in [6.07, 6.45) is -4.65. The topological polar surface area (TPSA) is 75.7 Å². The molecule has 2 aromatic carbocycles. The van der Waals surface area contributed by atoms with Crippen LogP contribution in [0, 0.1) is 0 Å². The minimum Gasteiger partial charge on any atom is -0.406 e. The van der Waals surface area contributed by atoms with E-state index in [1.807, 2.05) is 18.2 Å². The van der Waals surface area contributed by atoms with Gasteiger partial charge in [0.1, 0.15) is 16.0 Å². The average Bonchev–Trinajstić information content (AvgIpc) is 3.29. The van der Waals surface area contributed by atoms with E-state index in [9.17, 15) is 26.4 Å². The fourth-order valence-corrected chi connectivity index (χ4v) is 6.15. The van der Waals surface area contributed by atoms with Crippen LogP contribution in [-0.4, -0.2) is 31.0 Å². The van der Waals surface area contributed by atoms with Crippen LogP contribution in [0.3, 0.4) is 0 Å². The highest BCUT2D eigenvalue weighted by molar-refractivity contribution is 7.91. The molecule has 1 N–H and O–H groups in total. The number of carbonyl (C=O) groups is 1. The van der Waals surface area contributed by atoms with E-state index < -0.39 is 34.1 Å². The van der Waals surface area contributed by atoms with Gasteiger partial charge in [-0.2, -0.15) is 4.31 Å². The van der Waals surface area contributed by atoms with Gasteiger partial charge < -0.3 is 10.1 Å². The Morgan fingerprint density at radius 3 is 2.34 bits per heavy atom. The number of carbonyl (C=O) groups excluding carboxylic acids is 1. The fraction of sp³-hybridized carbons (Fsp3) is 0.190. The van der Waals surface area contributed by atoms with Crippen molar-refractivity contribution in [1.82, 2.24) is 4.31 Å². The fourth-order valence-electron chi connectivity index (χ4n) is 3.47. The molecule has 1 aliphatic rings. The van der Waals surface area contributed by atoms with E-state index in [0.717, 1.165) is 38.9 Å². The van der Waals surface area contributed by atoms with Gasteiger partial charge in [-0.25, -0.2) is 8.42 Å². The molecule has 0 fully saturated rings. The first kappa shape index (κ1) is 22.3. The van der Waals surface area contributed by atoms with Gasteiger partial charge >= 0.3 is 6.36 Å². The summed E-state index contributed by atoms with van der Waals surface area (Å²) in [7, 11) is -3.93. The van der Waals surface area contributed by atoms with Crippen molar-refractivity contribution in [3.05, 3.63) is 77.2 Å². The normalized spacial score (nSPS) is 16.9. The zero-order valence-corrected chi connectivity index (χ0v) is 18.0. The molecule has 2 heterocycles. The number of rotatable bonds is 5. The van der Waals surface area contributed by atoms with Crippen molar-refractivity contribution in [2.45, 2.75) is 29.6 Å². The Labute approximate surface area is 186 Å². The second kappa shape index (κ2) is 8.57. The summed E-state index contributed by atoms with van der Waals surface area (Å²) in [5.74, 6) is -1.01. The Morgan fingerprint density at radius 2 is 1.72 bits per heavy atom. The molecule has 3 aromatic rings. The Morgan fingerprint density at radius 1 is 1.03 bits per heavy atom. The molecule has 4 rings (SSSR count). The molecule has 0 saturated heterocycles. The smallest absolute Gasteiger partial charge is 0.406 e. The number of fused-ring (bicyclic) bond motifs is 1. The Balaban J connectivity index is 1.60. The molecule has 1 aromatic heterocycles. The maximum Gasteiger partial charge on any atom is 0.573 e. The standard InChI is InChI=1S/C21H17F3N2O4S2/c22-21(23,24)30-17-9-7-16(8-10-17)25-20(27)18-12-14-4-1-2-5-15(14)13-26(18)32(28,29)19-6-3-11-31-19/h1-11,18H,12-13H2,(H,25,27). The third kappa shape index (κ3) is 4.79. The summed E-state index contributed by atoms with van der Waals surface area (Å²) in [5.41, 5.74) is 1.89. The van der Waals surface area contributed by atoms with E-state index in [1.54, 1.807) is 17.5 Å². The predicted octanol–water partition coefficient (Wildman–Crippen LogP) is 4.40. The van der Waals surface area contributed by atoms with Crippen LogP contribution in [0.4, 0.5) is 18.9 Å². The lowest BCUT2D eigenvalue weighted by Gasteiger charge is -2.34. The molecule has 0 aliphatic carbocycles. The number of anilines is 1. The quantitative estimate of drug-likeness (QED) is 0.585. The van der Waals surface area contributed by atoms with Gasteiger partial charge in [0.05, 0.1) is 0 Å². The van der Waals surface area contributed by atoms with Crippen LogP contribution in [0.25, 0.3) is 0 Å². The third-order valence-corrected chi connectivity index (χ3v) is 8.15. The summed E-state index contributed by atoms with van der Waals surface area (Å²) < 4.78 is 68.6. The molecule has 0 radical (unpaired) electrons. The molecule has 1 atom stereocenters. The number of halogens is 3. The van der Waals surface area contributed by atoms with Crippen LogP contribution in [0.1, 0.15) is 11.1 Å². The summed E-state index contributed by atoms with van der Waals surface area (Å²) in [4.78, 5) is 13.1. The van der Waals surface area contributed by atoms with Crippen molar-refractivity contribution < 1.29 is 31.1 Å². The van der Waals surface area contributed by atoms with Crippen molar-refractivity contribution in [1.29, 1.82) is 0 Å². The molecule has 32 heavy (non-hydrogen) atoms. The summed E-state index contributed by atoms with van der Waals surface area (Å²) in [6.45, 7) is 0.0346. The zero-order valence-electron chi connectivity index (χ0n) is 16.4. The molecule has 1 unspecified atom stereocenters. The van der Waals surface area contributed by atoms with Crippen LogP contribution in [0.5, 0.6) is 5.75 Å². The predicted molar refractivity (Wildman–Crippen MR) is 113 cm³/mol. The van der Waals surface area contributed by atoms with Gasteiger partial charge in [-0.15, -0.1) is 24.5 Å². The van der Waals surface area contributed by atoms with Gasteiger partial charge in [0.15, 0.2) is 0 Å². The highest BCUT2D eigenvalue weighted by Crippen LogP contribution is 2.31. The molecular formula is C21H17F3N2O4S2. The van der Waals surface area contributed by atoms with Crippen LogP contribution >= 0.6 is 11.3 Å². The van der Waals surface area contributed by atoms with E-state index in [0.29, 0.717) is 0 Å². The highest BCUT2D eigenvalue weighted by Gasteiger charge is 2.40. The van der Waals surface area contributed by atoms with E-state index in [1.165, 1.54) is 18.2 Å². The van der Waals surface area contributed by atoms with E-state index in [4.69, 9.17) is 0 Å². The van der Waals surface area contributed by atoms with Crippen molar-refractivity contribution in [3.63, 3.8) is 0 Å². The minimum absolute atomic E-state index is 0.0346. The van der Waals surface area contributed by atoms with E-state index in [2.05, 4.69) is 10.1 Å². The number of ether oxygens (including phenoxy) is 1. The Bertz CT molecular complexity index is 1210. The minimum atomic E-state index is -4.82. The number of nitrogens with one attached hydrogen (secondary N) is 1. The lowest BCUT2D eigenvalue weighted by atomic mass is 9.95. The number of hydrogen-bond donors (Lipinski definition) is 1. The maximum absolute atomic E-state index is 13.2. The monoisotopic (exact) mass is 482 g/mol. The van der Waals surface area contributed by atoms with E-state index in [-0.39, 0.29) is 22.9 Å². The van der Waals surface area contributed by atoms with Crippen molar-refractivity contribution in [3.8, 4) is 5.75 Å². The van der Waals surface area contributed by atoms with Crippen LogP contribution in [0.15, 0.2) is 70.3 Å². The second-order valence-corrected chi connectivity index (χ2v) is 10.1. The lowest BCUT2D eigenvalue weighted by Crippen LogP contribution is -2.50.